The molecule has 0 aliphatic carbocycles. The van der Waals surface area contributed by atoms with Gasteiger partial charge in [0.25, 0.3) is 16.7 Å². The minimum absolute atomic E-state index is 0.000553. The summed E-state index contributed by atoms with van der Waals surface area (Å²) in [6.45, 7) is 50.7. The van der Waals surface area contributed by atoms with E-state index in [0.717, 1.165) is 89.8 Å². The largest absolute Gasteiger partial charge is 0.506 e. The van der Waals surface area contributed by atoms with Crippen molar-refractivity contribution in [1.29, 1.82) is 0 Å². The lowest BCUT2D eigenvalue weighted by molar-refractivity contribution is -0.130. The Morgan fingerprint density at radius 1 is 0.434 bits per heavy atom. The van der Waals surface area contributed by atoms with E-state index in [-0.39, 0.29) is 112 Å². The molecule has 6 atom stereocenters. The van der Waals surface area contributed by atoms with E-state index in [1.807, 2.05) is 109 Å². The third-order valence-electron chi connectivity index (χ3n) is 27.5. The maximum Gasteiger partial charge on any atom is 0.264 e. The molecule has 3 saturated heterocycles. The molecular formula is C108H117F3N12O13. The number of piperazine rings is 3. The fourth-order valence-electron chi connectivity index (χ4n) is 21.3. The van der Waals surface area contributed by atoms with Crippen molar-refractivity contribution in [3.05, 3.63) is 258 Å². The van der Waals surface area contributed by atoms with E-state index < -0.39 is 34.1 Å². The zero-order valence-electron chi connectivity index (χ0n) is 80.5. The Hall–Kier alpha value is -14.2. The van der Waals surface area contributed by atoms with E-state index in [2.05, 4.69) is 76.0 Å². The Bertz CT molecular complexity index is 6820. The fourth-order valence-corrected chi connectivity index (χ4v) is 21.3. The molecule has 25 nitrogen and oxygen atoms in total. The standard InChI is InChI=1S/C37H41FN4O4.C36H39FN4O4.C35H37FN4O5/c1-9-28(44)40-17-24-18-46-36-29(19(2)3)32(30-21(6)13-14-39-33(30)20(4)5)31-25(34(36)41(24)16-23(40)8)15-22(7)42(37(31)45)35-26(38)11-10-12-27(35)43;1-8-24-30(29-20(5)13-14-38-32(29)19(3)4)31-25(15-21(6)41(36(31)44)34-26(37)11-10-12-27(34)42)33-35(24)45-18-23-17-39(28(43)9-2)22(7)16-40(23)33;1-8-26(42)38-16-22-17-45-34-31(39(22)15-21(38)6)23-14-20(5)40(32-24(36)10-9-11-25(32)41)35(43)28(23)29(33(34)44-7)27-19(4)12-13-37-30(27)18(2)3/h9-15,19-20,23-24,43H,1,16-18H2,2-8H3;9-15,19,22-23,42H,2,8,16-18H2,1,3-7H3;8-14,18,21-22,41H,1,15-17H2,2-7H3. The Kier molecular flexibility index (Phi) is 26.0. The first-order chi connectivity index (χ1) is 64.9. The summed E-state index contributed by atoms with van der Waals surface area (Å²) in [7, 11) is 1.54. The van der Waals surface area contributed by atoms with Crippen molar-refractivity contribution in [3.63, 3.8) is 0 Å². The molecule has 6 unspecified atom stereocenters. The number of benzene rings is 6. The van der Waals surface area contributed by atoms with Crippen LogP contribution >= 0.6 is 0 Å². The number of nitrogens with zero attached hydrogens (tertiary/aromatic N) is 12. The SMILES string of the molecule is C=CC(=O)N1CC2COc3c(C(C)C)c(-c4c(C)ccnc4C(C)C)c4c(=O)n(-c5c(O)cccc5F)c(C)cc4c3N2CC1C.C=CC(=O)N1CC2COc3c(CC)c(-c4c(C)ccnc4C(C)C)c4c(=O)n(-c5c(O)cccc5F)c(C)cc4c3N2CC1C.C=CC(=O)N1CC2COc3c(OC)c(-c4c(C)ccnc4C(C)C)c4c(=O)n(-c5c(O)cccc5F)c(C)cc4c3N2CC1C. The molecule has 0 bridgehead atoms. The van der Waals surface area contributed by atoms with E-state index >= 15 is 18.0 Å². The Labute approximate surface area is 788 Å². The molecule has 0 spiro atoms. The minimum atomic E-state index is -0.730. The predicted molar refractivity (Wildman–Crippen MR) is 528 cm³/mol. The lowest BCUT2D eigenvalue weighted by Crippen LogP contribution is -2.62. The lowest BCUT2D eigenvalue weighted by Gasteiger charge is -2.49. The van der Waals surface area contributed by atoms with Crippen LogP contribution in [0.1, 0.15) is 169 Å². The number of carbonyl (C=O) groups is 3. The van der Waals surface area contributed by atoms with Crippen molar-refractivity contribution in [3.8, 4) is 90.7 Å². The molecule has 12 aromatic rings. The van der Waals surface area contributed by atoms with Gasteiger partial charge >= 0.3 is 0 Å². The number of pyridine rings is 6. The molecule has 18 rings (SSSR count). The van der Waals surface area contributed by atoms with Crippen LogP contribution in [-0.4, -0.2) is 179 Å². The van der Waals surface area contributed by atoms with Gasteiger partial charge in [-0.1, -0.05) is 100 Å². The van der Waals surface area contributed by atoms with Crippen molar-refractivity contribution < 1.29 is 61.8 Å². The van der Waals surface area contributed by atoms with Gasteiger partial charge in [0.1, 0.15) is 65.6 Å². The van der Waals surface area contributed by atoms with Crippen LogP contribution in [0.3, 0.4) is 0 Å². The molecule has 3 N–H and O–H groups in total. The van der Waals surface area contributed by atoms with Gasteiger partial charge in [-0.2, -0.15) is 0 Å². The van der Waals surface area contributed by atoms with Crippen LogP contribution in [0.25, 0.3) is 82.8 Å². The Morgan fingerprint density at radius 2 is 0.743 bits per heavy atom. The van der Waals surface area contributed by atoms with Crippen LogP contribution in [0, 0.1) is 59.0 Å². The van der Waals surface area contributed by atoms with Gasteiger partial charge in [0, 0.05) is 154 Å². The van der Waals surface area contributed by atoms with Gasteiger partial charge in [-0.05, 0) is 200 Å². The average molecular weight is 1850 g/mol. The van der Waals surface area contributed by atoms with Crippen LogP contribution in [0.4, 0.5) is 30.2 Å². The van der Waals surface area contributed by atoms with Crippen molar-refractivity contribution in [2.45, 2.75) is 191 Å². The Balaban J connectivity index is 0.000000148. The van der Waals surface area contributed by atoms with Crippen molar-refractivity contribution in [2.24, 2.45) is 0 Å². The van der Waals surface area contributed by atoms with Crippen molar-refractivity contribution in [1.82, 2.24) is 43.4 Å². The number of aryl methyl sites for hydroxylation is 6. The highest BCUT2D eigenvalue weighted by Gasteiger charge is 2.47. The molecule has 0 radical (unpaired) electrons. The third-order valence-corrected chi connectivity index (χ3v) is 27.5. The van der Waals surface area contributed by atoms with E-state index in [1.54, 1.807) is 51.4 Å². The molecule has 6 aliphatic rings. The number of methoxy groups -OCH3 is 1. The fraction of sp³-hybridized carbons (Fsp3) is 0.361. The van der Waals surface area contributed by atoms with Crippen LogP contribution in [0.5, 0.6) is 40.2 Å². The number of aromatic hydroxyl groups is 3. The number of ether oxygens (including phenoxy) is 4. The monoisotopic (exact) mass is 1850 g/mol. The number of halogens is 3. The molecule has 708 valence electrons. The number of amides is 3. The topological polar surface area (TPSA) is 273 Å². The van der Waals surface area contributed by atoms with Gasteiger partial charge in [-0.25, -0.2) is 13.2 Å². The molecule has 28 heteroatoms. The molecule has 3 fully saturated rings. The van der Waals surface area contributed by atoms with Crippen LogP contribution in [-0.2, 0) is 20.8 Å². The molecule has 3 amide bonds. The smallest absolute Gasteiger partial charge is 0.264 e. The first-order valence-corrected chi connectivity index (χ1v) is 46.5. The zero-order chi connectivity index (χ0) is 97.8. The number of aromatic nitrogens is 6. The summed E-state index contributed by atoms with van der Waals surface area (Å²) in [5, 5.41) is 35.5. The summed E-state index contributed by atoms with van der Waals surface area (Å²) in [4.78, 5) is 109. The second-order valence-electron chi connectivity index (χ2n) is 37.7. The van der Waals surface area contributed by atoms with Gasteiger partial charge in [0.05, 0.1) is 75.5 Å². The highest BCUT2D eigenvalue weighted by molar-refractivity contribution is 6.13. The second kappa shape index (κ2) is 37.2. The van der Waals surface area contributed by atoms with E-state index in [0.29, 0.717) is 143 Å². The van der Waals surface area contributed by atoms with E-state index in [9.17, 15) is 39.3 Å². The third kappa shape index (κ3) is 15.8. The number of para-hydroxylation sites is 3. The number of hydrogen-bond acceptors (Lipinski definition) is 19. The maximum absolute atomic E-state index is 15.4. The zero-order valence-corrected chi connectivity index (χ0v) is 80.5. The van der Waals surface area contributed by atoms with Gasteiger partial charge in [0.15, 0.2) is 29.0 Å². The van der Waals surface area contributed by atoms with Crippen LogP contribution < -0.4 is 50.3 Å². The van der Waals surface area contributed by atoms with E-state index in [1.165, 1.54) is 86.5 Å². The highest BCUT2D eigenvalue weighted by atomic mass is 19.1. The Morgan fingerprint density at radius 3 is 1.07 bits per heavy atom. The number of fused-ring (bicyclic) bond motifs is 15. The number of phenolic OH excluding ortho intramolecular Hbond substituents is 3. The number of carbonyl (C=O) groups excluding carboxylic acids is 3. The van der Waals surface area contributed by atoms with Gasteiger partial charge in [-0.15, -0.1) is 0 Å². The van der Waals surface area contributed by atoms with Crippen LogP contribution in [0.2, 0.25) is 0 Å². The number of rotatable bonds is 15. The highest BCUT2D eigenvalue weighted by Crippen LogP contribution is 2.58. The number of hydrogen-bond donors (Lipinski definition) is 3. The molecule has 0 saturated carbocycles. The van der Waals surface area contributed by atoms with Crippen molar-refractivity contribution >= 4 is 67.1 Å². The van der Waals surface area contributed by atoms with Gasteiger partial charge in [0.2, 0.25) is 17.7 Å². The molecule has 6 aromatic carbocycles. The normalized spacial score (nSPS) is 17.7. The minimum Gasteiger partial charge on any atom is -0.506 e. The molecule has 136 heavy (non-hydrogen) atoms. The predicted octanol–water partition coefficient (Wildman–Crippen LogP) is 18.6. The lowest BCUT2D eigenvalue weighted by atomic mass is 9.82. The first kappa shape index (κ1) is 95.0. The molecular weight excluding hydrogens is 1730 g/mol. The number of phenols is 3. The van der Waals surface area contributed by atoms with E-state index in [4.69, 9.17) is 33.9 Å². The summed E-state index contributed by atoms with van der Waals surface area (Å²) in [5.74, 6) is -1.20. The summed E-state index contributed by atoms with van der Waals surface area (Å²) in [5.41, 5.74) is 13.1. The van der Waals surface area contributed by atoms with Crippen molar-refractivity contribution in [2.75, 3.05) is 80.9 Å². The molecule has 6 aliphatic heterocycles. The van der Waals surface area contributed by atoms with Crippen LogP contribution in [0.15, 0.2) is 162 Å². The quantitative estimate of drug-likeness (QED) is 0.0805. The van der Waals surface area contributed by atoms with Gasteiger partial charge in [-0.3, -0.25) is 57.4 Å². The first-order valence-electron chi connectivity index (χ1n) is 46.5. The molecule has 12 heterocycles. The molecule has 6 aromatic heterocycles. The summed E-state index contributed by atoms with van der Waals surface area (Å²) < 4.78 is 75.8. The van der Waals surface area contributed by atoms with Gasteiger partial charge < -0.3 is 63.7 Å². The number of anilines is 3. The summed E-state index contributed by atoms with van der Waals surface area (Å²) >= 11 is 0. The average Bonchev–Trinajstić information content (AvgIpc) is 0.694. The summed E-state index contributed by atoms with van der Waals surface area (Å²) in [6, 6.07) is 22.6. The second-order valence-corrected chi connectivity index (χ2v) is 37.7. The maximum atomic E-state index is 15.4. The summed E-state index contributed by atoms with van der Waals surface area (Å²) in [6.07, 6.45) is 9.88.